The first kappa shape index (κ1) is 20.3. The molecular weight excluding hydrogens is 369 g/mol. The maximum Gasteiger partial charge on any atom is 0.490 e. The van der Waals surface area contributed by atoms with Gasteiger partial charge in [0.05, 0.1) is 12.6 Å². The van der Waals surface area contributed by atoms with Crippen molar-refractivity contribution in [3.63, 3.8) is 0 Å². The summed E-state index contributed by atoms with van der Waals surface area (Å²) in [5.41, 5.74) is 1.29. The van der Waals surface area contributed by atoms with Crippen molar-refractivity contribution in [2.45, 2.75) is 37.7 Å². The van der Waals surface area contributed by atoms with E-state index in [1.54, 1.807) is 11.3 Å². The van der Waals surface area contributed by atoms with Gasteiger partial charge in [0.25, 0.3) is 0 Å². The van der Waals surface area contributed by atoms with Crippen LogP contribution in [0.4, 0.5) is 13.2 Å². The number of aliphatic carboxylic acids is 1. The number of thiazole rings is 1. The molecule has 1 fully saturated rings. The van der Waals surface area contributed by atoms with Crippen LogP contribution < -0.4 is 0 Å². The molecule has 1 aliphatic heterocycles. The first-order valence-corrected chi connectivity index (χ1v) is 8.80. The highest BCUT2D eigenvalue weighted by molar-refractivity contribution is 7.09. The molecule has 5 nitrogen and oxygen atoms in total. The van der Waals surface area contributed by atoms with Gasteiger partial charge in [-0.3, -0.25) is 4.90 Å². The Morgan fingerprint density at radius 3 is 2.50 bits per heavy atom. The van der Waals surface area contributed by atoms with Crippen molar-refractivity contribution in [1.29, 1.82) is 0 Å². The zero-order valence-corrected chi connectivity index (χ0v) is 14.6. The Kier molecular flexibility index (Phi) is 7.13. The number of aliphatic hydroxyl groups is 1. The number of carbonyl (C=O) groups is 1. The fourth-order valence-corrected chi connectivity index (χ4v) is 3.36. The van der Waals surface area contributed by atoms with E-state index >= 15 is 0 Å². The number of carboxylic acids is 1. The Morgan fingerprint density at radius 1 is 1.31 bits per heavy atom. The zero-order valence-electron chi connectivity index (χ0n) is 13.8. The molecule has 1 saturated heterocycles. The number of hydrogen-bond donors (Lipinski definition) is 2. The van der Waals surface area contributed by atoms with E-state index in [2.05, 4.69) is 34.1 Å². The van der Waals surface area contributed by atoms with Crippen molar-refractivity contribution < 1.29 is 28.2 Å². The second-order valence-electron chi connectivity index (χ2n) is 5.81. The van der Waals surface area contributed by atoms with Crippen LogP contribution in [-0.4, -0.2) is 50.9 Å². The highest BCUT2D eigenvalue weighted by atomic mass is 32.1. The number of rotatable bonds is 4. The van der Waals surface area contributed by atoms with Gasteiger partial charge in [0, 0.05) is 24.2 Å². The highest BCUT2D eigenvalue weighted by Gasteiger charge is 2.38. The predicted octanol–water partition coefficient (Wildman–Crippen LogP) is 2.95. The molecule has 0 bridgehead atoms. The first-order valence-electron chi connectivity index (χ1n) is 7.92. The predicted molar refractivity (Wildman–Crippen MR) is 90.8 cm³/mol. The SMILES string of the molecule is O=C(O)C(F)(F)F.O[C@@H]1CCN(Cc2nccs2)[C@H]1Cc1ccccc1. The molecule has 0 spiro atoms. The molecule has 2 N–H and O–H groups in total. The van der Waals surface area contributed by atoms with Crippen LogP contribution >= 0.6 is 11.3 Å². The smallest absolute Gasteiger partial charge is 0.475 e. The molecule has 3 rings (SSSR count). The molecule has 2 aromatic rings. The van der Waals surface area contributed by atoms with E-state index < -0.39 is 12.1 Å². The molecule has 0 radical (unpaired) electrons. The third-order valence-electron chi connectivity index (χ3n) is 3.98. The van der Waals surface area contributed by atoms with Crippen LogP contribution in [0.25, 0.3) is 0 Å². The van der Waals surface area contributed by atoms with Gasteiger partial charge < -0.3 is 10.2 Å². The Labute approximate surface area is 152 Å². The molecule has 142 valence electrons. The summed E-state index contributed by atoms with van der Waals surface area (Å²) in [7, 11) is 0. The van der Waals surface area contributed by atoms with Gasteiger partial charge in [-0.25, -0.2) is 9.78 Å². The Balaban J connectivity index is 0.000000298. The number of nitrogens with zero attached hydrogens (tertiary/aromatic N) is 2. The van der Waals surface area contributed by atoms with Crippen LogP contribution in [0.2, 0.25) is 0 Å². The summed E-state index contributed by atoms with van der Waals surface area (Å²) < 4.78 is 31.7. The molecule has 2 heterocycles. The summed E-state index contributed by atoms with van der Waals surface area (Å²) >= 11 is 1.68. The maximum atomic E-state index is 10.6. The third kappa shape index (κ3) is 6.08. The van der Waals surface area contributed by atoms with Crippen LogP contribution in [0.15, 0.2) is 41.9 Å². The number of likely N-dealkylation sites (tertiary alicyclic amines) is 1. The Morgan fingerprint density at radius 2 is 1.96 bits per heavy atom. The van der Waals surface area contributed by atoms with Crippen molar-refractivity contribution in [3.8, 4) is 0 Å². The summed E-state index contributed by atoms with van der Waals surface area (Å²) in [6.07, 6.45) is -1.69. The second kappa shape index (κ2) is 9.11. The van der Waals surface area contributed by atoms with Gasteiger partial charge >= 0.3 is 12.1 Å². The van der Waals surface area contributed by atoms with Crippen LogP contribution in [0, 0.1) is 0 Å². The van der Waals surface area contributed by atoms with E-state index in [0.29, 0.717) is 0 Å². The molecular formula is C17H19F3N2O3S. The number of aliphatic hydroxyl groups excluding tert-OH is 1. The normalized spacial score (nSPS) is 20.5. The molecule has 1 aliphatic rings. The molecule has 0 aliphatic carbocycles. The van der Waals surface area contributed by atoms with Crippen molar-refractivity contribution >= 4 is 17.3 Å². The molecule has 1 aromatic heterocycles. The Hall–Kier alpha value is -1.97. The lowest BCUT2D eigenvalue weighted by molar-refractivity contribution is -0.192. The van der Waals surface area contributed by atoms with E-state index in [4.69, 9.17) is 9.90 Å². The largest absolute Gasteiger partial charge is 0.490 e. The van der Waals surface area contributed by atoms with Gasteiger partial charge in [0.1, 0.15) is 5.01 Å². The van der Waals surface area contributed by atoms with Crippen molar-refractivity contribution in [1.82, 2.24) is 9.88 Å². The van der Waals surface area contributed by atoms with E-state index in [1.165, 1.54) is 5.56 Å². The number of hydrogen-bond acceptors (Lipinski definition) is 5. The van der Waals surface area contributed by atoms with E-state index in [0.717, 1.165) is 30.9 Å². The van der Waals surface area contributed by atoms with Crippen LogP contribution in [0.3, 0.4) is 0 Å². The van der Waals surface area contributed by atoms with Gasteiger partial charge in [0.15, 0.2) is 0 Å². The van der Waals surface area contributed by atoms with Gasteiger partial charge in [-0.2, -0.15) is 13.2 Å². The summed E-state index contributed by atoms with van der Waals surface area (Å²) in [4.78, 5) is 15.6. The van der Waals surface area contributed by atoms with Gasteiger partial charge in [-0.1, -0.05) is 30.3 Å². The average molecular weight is 388 g/mol. The lowest BCUT2D eigenvalue weighted by Crippen LogP contribution is -2.36. The van der Waals surface area contributed by atoms with Gasteiger partial charge in [0.2, 0.25) is 0 Å². The summed E-state index contributed by atoms with van der Waals surface area (Å²) in [6, 6.07) is 10.6. The van der Waals surface area contributed by atoms with E-state index in [1.807, 2.05) is 17.6 Å². The first-order chi connectivity index (χ1) is 12.3. The standard InChI is InChI=1S/C15H18N2OS.C2HF3O2/c18-14-6-8-17(11-15-16-7-9-19-15)13(14)10-12-4-2-1-3-5-12;3-2(4,5)1(6)7/h1-5,7,9,13-14,18H,6,8,10-11H2;(H,6,7)/t13-,14+;/m0./s1. The number of alkyl halides is 3. The van der Waals surface area contributed by atoms with Gasteiger partial charge in [-0.15, -0.1) is 11.3 Å². The lowest BCUT2D eigenvalue weighted by atomic mass is 10.0. The fraction of sp³-hybridized carbons (Fsp3) is 0.412. The van der Waals surface area contributed by atoms with Crippen LogP contribution in [0.1, 0.15) is 17.0 Å². The minimum Gasteiger partial charge on any atom is -0.475 e. The average Bonchev–Trinajstić information content (AvgIpc) is 3.21. The molecule has 0 amide bonds. The van der Waals surface area contributed by atoms with Crippen LogP contribution in [0.5, 0.6) is 0 Å². The topological polar surface area (TPSA) is 73.7 Å². The summed E-state index contributed by atoms with van der Waals surface area (Å²) in [5, 5.41) is 20.5. The number of carboxylic acid groups (broad SMARTS) is 1. The minimum absolute atomic E-state index is 0.214. The van der Waals surface area contributed by atoms with Crippen molar-refractivity contribution in [2.75, 3.05) is 6.54 Å². The quantitative estimate of drug-likeness (QED) is 0.843. The number of benzene rings is 1. The number of halogens is 3. The second-order valence-corrected chi connectivity index (χ2v) is 6.79. The van der Waals surface area contributed by atoms with E-state index in [9.17, 15) is 18.3 Å². The summed E-state index contributed by atoms with van der Waals surface area (Å²) in [6.45, 7) is 1.81. The molecule has 0 saturated carbocycles. The number of aromatic nitrogens is 1. The third-order valence-corrected chi connectivity index (χ3v) is 4.74. The zero-order chi connectivity index (χ0) is 19.2. The molecule has 26 heavy (non-hydrogen) atoms. The summed E-state index contributed by atoms with van der Waals surface area (Å²) in [5.74, 6) is -2.76. The lowest BCUT2D eigenvalue weighted by Gasteiger charge is -2.25. The molecule has 2 atom stereocenters. The Bertz CT molecular complexity index is 680. The maximum absolute atomic E-state index is 10.6. The minimum atomic E-state index is -5.08. The molecule has 9 heteroatoms. The molecule has 0 unspecified atom stereocenters. The van der Waals surface area contributed by atoms with Crippen LogP contribution in [-0.2, 0) is 17.8 Å². The fourth-order valence-electron chi connectivity index (χ4n) is 2.72. The van der Waals surface area contributed by atoms with Crippen molar-refractivity contribution in [2.24, 2.45) is 0 Å². The molecule has 1 aromatic carbocycles. The van der Waals surface area contributed by atoms with Crippen molar-refractivity contribution in [3.05, 3.63) is 52.5 Å². The van der Waals surface area contributed by atoms with Gasteiger partial charge in [-0.05, 0) is 18.4 Å². The highest BCUT2D eigenvalue weighted by Crippen LogP contribution is 2.24. The monoisotopic (exact) mass is 388 g/mol. The van der Waals surface area contributed by atoms with E-state index in [-0.39, 0.29) is 12.1 Å².